The Hall–Kier alpha value is -6.39. The van der Waals surface area contributed by atoms with Crippen molar-refractivity contribution in [1.29, 1.82) is 5.26 Å². The molecule has 0 unspecified atom stereocenters. The van der Waals surface area contributed by atoms with Crippen LogP contribution in [0.25, 0.3) is 0 Å². The molecule has 324 valence electrons. The SMILES string of the molecule is Cc1ccccc1C[C@H](NC(=O)[C@H](CCC(=O)O)NC(=O)[C@H](CC(=O)O)NC(=O)CCC(=O)O)C(=O)N[C@H](C(=O)N[C@@H](CC(C)C)C(=O)N[C@H](C=O)CC#N)C(C)(C)C. The van der Waals surface area contributed by atoms with Gasteiger partial charge in [0.1, 0.15) is 36.5 Å². The van der Waals surface area contributed by atoms with Crippen LogP contribution in [0.3, 0.4) is 0 Å². The van der Waals surface area contributed by atoms with Crippen molar-refractivity contribution in [3.8, 4) is 6.07 Å². The molecule has 0 aliphatic carbocycles. The van der Waals surface area contributed by atoms with E-state index in [1.807, 2.05) is 0 Å². The average molecular weight is 830 g/mol. The first-order valence-corrected chi connectivity index (χ1v) is 18.8. The van der Waals surface area contributed by atoms with Crippen molar-refractivity contribution in [3.63, 3.8) is 0 Å². The van der Waals surface area contributed by atoms with Gasteiger partial charge >= 0.3 is 17.9 Å². The maximum Gasteiger partial charge on any atom is 0.305 e. The van der Waals surface area contributed by atoms with E-state index in [0.717, 1.165) is 0 Å². The smallest absolute Gasteiger partial charge is 0.305 e. The molecule has 20 nitrogen and oxygen atoms in total. The largest absolute Gasteiger partial charge is 0.481 e. The van der Waals surface area contributed by atoms with E-state index in [0.29, 0.717) is 17.4 Å². The monoisotopic (exact) mass is 829 g/mol. The molecule has 0 radical (unpaired) electrons. The molecule has 20 heteroatoms. The third-order valence-corrected chi connectivity index (χ3v) is 8.75. The molecule has 0 heterocycles. The number of aliphatic carboxylic acids is 3. The number of carbonyl (C=O) groups excluding carboxylic acids is 7. The van der Waals surface area contributed by atoms with E-state index in [9.17, 15) is 58.2 Å². The first kappa shape index (κ1) is 50.6. The summed E-state index contributed by atoms with van der Waals surface area (Å²) >= 11 is 0. The van der Waals surface area contributed by atoms with E-state index in [1.165, 1.54) is 0 Å². The van der Waals surface area contributed by atoms with Crippen LogP contribution in [0.4, 0.5) is 0 Å². The predicted octanol–water partition coefficient (Wildman–Crippen LogP) is -0.145. The van der Waals surface area contributed by atoms with Crippen LogP contribution in [0, 0.1) is 29.6 Å². The fraction of sp³-hybridized carbons (Fsp3) is 0.564. The number of carboxylic acid groups (broad SMARTS) is 3. The number of carbonyl (C=O) groups is 10. The Labute approximate surface area is 341 Å². The number of hydrogen-bond donors (Lipinski definition) is 9. The summed E-state index contributed by atoms with van der Waals surface area (Å²) in [5, 5.41) is 51.2. The van der Waals surface area contributed by atoms with E-state index in [1.54, 1.807) is 71.9 Å². The quantitative estimate of drug-likeness (QED) is 0.0580. The number of carboxylic acids is 3. The van der Waals surface area contributed by atoms with Crippen molar-refractivity contribution in [1.82, 2.24) is 31.9 Å². The van der Waals surface area contributed by atoms with Crippen LogP contribution in [0.1, 0.15) is 90.7 Å². The van der Waals surface area contributed by atoms with Gasteiger partial charge in [-0.1, -0.05) is 58.9 Å². The van der Waals surface area contributed by atoms with E-state index in [4.69, 9.17) is 10.4 Å². The molecule has 1 aromatic carbocycles. The van der Waals surface area contributed by atoms with Crippen LogP contribution in [0.5, 0.6) is 0 Å². The maximum absolute atomic E-state index is 14.2. The van der Waals surface area contributed by atoms with E-state index >= 15 is 0 Å². The van der Waals surface area contributed by atoms with Gasteiger partial charge in [0.05, 0.1) is 31.4 Å². The van der Waals surface area contributed by atoms with Gasteiger partial charge in [-0.25, -0.2) is 0 Å². The van der Waals surface area contributed by atoms with E-state index < -0.39 is 127 Å². The summed E-state index contributed by atoms with van der Waals surface area (Å²) in [6.45, 7) is 10.2. The number of amides is 6. The van der Waals surface area contributed by atoms with Crippen molar-refractivity contribution < 1.29 is 63.3 Å². The van der Waals surface area contributed by atoms with E-state index in [2.05, 4.69) is 31.9 Å². The predicted molar refractivity (Wildman–Crippen MR) is 208 cm³/mol. The molecule has 0 fully saturated rings. The van der Waals surface area contributed by atoms with Crippen molar-refractivity contribution in [3.05, 3.63) is 35.4 Å². The van der Waals surface area contributed by atoms with Gasteiger partial charge in [-0.15, -0.1) is 0 Å². The van der Waals surface area contributed by atoms with Crippen LogP contribution in [-0.4, -0.2) is 111 Å². The lowest BCUT2D eigenvalue weighted by Crippen LogP contribution is -2.62. The second-order valence-electron chi connectivity index (χ2n) is 15.4. The minimum Gasteiger partial charge on any atom is -0.481 e. The molecule has 1 aromatic rings. The molecule has 9 N–H and O–H groups in total. The van der Waals surface area contributed by atoms with Crippen LogP contribution >= 0.6 is 0 Å². The molecule has 1 rings (SSSR count). The van der Waals surface area contributed by atoms with Gasteiger partial charge in [-0.3, -0.25) is 43.2 Å². The highest BCUT2D eigenvalue weighted by Crippen LogP contribution is 2.21. The fourth-order valence-electron chi connectivity index (χ4n) is 5.61. The first-order chi connectivity index (χ1) is 27.5. The standard InChI is InChI=1S/C39H55N7O13/c1-21(2)17-26(35(56)41-24(20-47)15-16-40)45-38(59)33(39(4,5)6)46-37(58)27(18-23-10-8-7-9-22(23)3)44-34(55)25(11-13-30(49)50)43-36(57)28(19-32(53)54)42-29(48)12-14-31(51)52/h7-10,20-21,24-28,33H,11-15,17-19H2,1-6H3,(H,41,56)(H,42,48)(H,43,57)(H,44,55)(H,45,59)(H,46,58)(H,49,50)(H,51,52)(H,53,54)/t24-,25-,26-,27-,28-,33+/m0/s1. The molecule has 0 saturated carbocycles. The van der Waals surface area contributed by atoms with Crippen LogP contribution in [-0.2, 0) is 54.4 Å². The van der Waals surface area contributed by atoms with Crippen LogP contribution in [0.15, 0.2) is 24.3 Å². The minimum atomic E-state index is -1.80. The van der Waals surface area contributed by atoms with Gasteiger partial charge < -0.3 is 52.0 Å². The highest BCUT2D eigenvalue weighted by molar-refractivity contribution is 5.97. The van der Waals surface area contributed by atoms with Crippen molar-refractivity contribution >= 4 is 59.6 Å². The number of aryl methyl sites for hydroxylation is 1. The van der Waals surface area contributed by atoms with Gasteiger partial charge in [-0.05, 0) is 42.2 Å². The molecule has 0 aliphatic rings. The molecule has 0 saturated heterocycles. The van der Waals surface area contributed by atoms with Crippen molar-refractivity contribution in [2.45, 2.75) is 129 Å². The molecule has 6 amide bonds. The van der Waals surface area contributed by atoms with Gasteiger partial charge in [-0.2, -0.15) is 5.26 Å². The average Bonchev–Trinajstić information content (AvgIpc) is 3.13. The first-order valence-electron chi connectivity index (χ1n) is 18.8. The summed E-state index contributed by atoms with van der Waals surface area (Å²) in [7, 11) is 0. The Morgan fingerprint density at radius 1 is 0.695 bits per heavy atom. The van der Waals surface area contributed by atoms with Crippen molar-refractivity contribution in [2.24, 2.45) is 11.3 Å². The molecule has 0 spiro atoms. The number of hydrogen-bond acceptors (Lipinski definition) is 11. The summed E-state index contributed by atoms with van der Waals surface area (Å²) < 4.78 is 0. The number of rotatable bonds is 25. The highest BCUT2D eigenvalue weighted by Gasteiger charge is 2.38. The lowest BCUT2D eigenvalue weighted by atomic mass is 9.85. The number of nitriles is 1. The summed E-state index contributed by atoms with van der Waals surface area (Å²) in [6, 6.07) is -0.0163. The number of nitrogens with one attached hydrogen (secondary N) is 6. The number of benzene rings is 1. The van der Waals surface area contributed by atoms with Gasteiger partial charge in [0.2, 0.25) is 35.4 Å². The lowest BCUT2D eigenvalue weighted by molar-refractivity contribution is -0.142. The molecular formula is C39H55N7O13. The van der Waals surface area contributed by atoms with Gasteiger partial charge in [0, 0.05) is 19.3 Å². The molecular weight excluding hydrogens is 774 g/mol. The Balaban J connectivity index is 3.55. The van der Waals surface area contributed by atoms with E-state index in [-0.39, 0.29) is 25.2 Å². The summed E-state index contributed by atoms with van der Waals surface area (Å²) in [4.78, 5) is 126. The highest BCUT2D eigenvalue weighted by atomic mass is 16.4. The van der Waals surface area contributed by atoms with Gasteiger partial charge in [0.25, 0.3) is 0 Å². The fourth-order valence-corrected chi connectivity index (χ4v) is 5.61. The normalized spacial score (nSPS) is 14.1. The van der Waals surface area contributed by atoms with Crippen LogP contribution in [0.2, 0.25) is 0 Å². The Morgan fingerprint density at radius 3 is 1.76 bits per heavy atom. The third-order valence-electron chi connectivity index (χ3n) is 8.75. The number of nitrogens with zero attached hydrogens (tertiary/aromatic N) is 1. The van der Waals surface area contributed by atoms with Crippen LogP contribution < -0.4 is 31.9 Å². The topological polar surface area (TPSA) is 327 Å². The Morgan fingerprint density at radius 2 is 1.24 bits per heavy atom. The molecule has 0 bridgehead atoms. The van der Waals surface area contributed by atoms with Gasteiger partial charge in [0.15, 0.2) is 0 Å². The summed E-state index contributed by atoms with van der Waals surface area (Å²) in [5.74, 6) is -10.1. The zero-order chi connectivity index (χ0) is 45.0. The van der Waals surface area contributed by atoms with Crippen molar-refractivity contribution in [2.75, 3.05) is 0 Å². The Kier molecular flexibility index (Phi) is 20.9. The zero-order valence-electron chi connectivity index (χ0n) is 34.0. The zero-order valence-corrected chi connectivity index (χ0v) is 34.0. The Bertz CT molecular complexity index is 1750. The molecule has 59 heavy (non-hydrogen) atoms. The maximum atomic E-state index is 14.2. The minimum absolute atomic E-state index is 0.120. The third kappa shape index (κ3) is 19.1. The summed E-state index contributed by atoms with van der Waals surface area (Å²) in [6.07, 6.45) is -3.40. The second kappa shape index (κ2) is 24.4. The molecule has 6 atom stereocenters. The molecule has 0 aromatic heterocycles. The lowest BCUT2D eigenvalue weighted by Gasteiger charge is -2.33. The second-order valence-corrected chi connectivity index (χ2v) is 15.4. The number of aldehydes is 1. The summed E-state index contributed by atoms with van der Waals surface area (Å²) in [5.41, 5.74) is 0.272. The molecule has 0 aliphatic heterocycles.